The lowest BCUT2D eigenvalue weighted by molar-refractivity contribution is -0.115. The molecule has 7 nitrogen and oxygen atoms in total. The van der Waals surface area contributed by atoms with E-state index in [2.05, 4.69) is 10.3 Å². The Balaban J connectivity index is 1.70. The molecule has 1 amide bonds. The molecule has 3 aromatic rings. The number of anilines is 1. The number of nitrogens with one attached hydrogen (secondary N) is 1. The van der Waals surface area contributed by atoms with E-state index in [0.717, 1.165) is 5.56 Å². The van der Waals surface area contributed by atoms with Crippen LogP contribution >= 0.6 is 11.6 Å². The third kappa shape index (κ3) is 5.20. The number of aromatic nitrogens is 2. The van der Waals surface area contributed by atoms with E-state index in [1.165, 1.54) is 20.1 Å². The van der Waals surface area contributed by atoms with Crippen molar-refractivity contribution in [2.45, 2.75) is 24.5 Å². The Morgan fingerprint density at radius 1 is 1.23 bits per heavy atom. The second-order valence-corrected chi connectivity index (χ2v) is 9.47. The van der Waals surface area contributed by atoms with Gasteiger partial charge in [0.15, 0.2) is 9.84 Å². The monoisotopic (exact) mass is 447 g/mol. The molecule has 158 valence electrons. The number of hydrogen-bond donors (Lipinski definition) is 1. The second-order valence-electron chi connectivity index (χ2n) is 6.74. The zero-order valence-corrected chi connectivity index (χ0v) is 18.2. The first-order valence-electron chi connectivity index (χ1n) is 9.20. The Labute approximate surface area is 180 Å². The van der Waals surface area contributed by atoms with Crippen molar-refractivity contribution in [3.63, 3.8) is 0 Å². The number of ether oxygens (including phenoxy) is 1. The molecule has 0 radical (unpaired) electrons. The van der Waals surface area contributed by atoms with Crippen molar-refractivity contribution in [1.82, 2.24) is 9.55 Å². The molecule has 0 aliphatic heterocycles. The zero-order valence-electron chi connectivity index (χ0n) is 16.6. The standard InChI is InChI=1S/C21H22ClN3O4S/c1-15(21(26)24-17-8-9-19(29-2)18(22)12-17)30(27,28)14-20-23-10-11-25(20)13-16-6-4-3-5-7-16/h3-12,15H,13-14H2,1-2H3,(H,24,26). The van der Waals surface area contributed by atoms with E-state index in [9.17, 15) is 13.2 Å². The van der Waals surface area contributed by atoms with Gasteiger partial charge in [-0.15, -0.1) is 0 Å². The molecule has 1 atom stereocenters. The number of benzene rings is 2. The maximum absolute atomic E-state index is 12.8. The summed E-state index contributed by atoms with van der Waals surface area (Å²) in [5, 5.41) is 1.64. The number of hydrogen-bond acceptors (Lipinski definition) is 5. The minimum Gasteiger partial charge on any atom is -0.495 e. The molecule has 3 rings (SSSR count). The molecule has 1 unspecified atom stereocenters. The number of sulfone groups is 1. The molecule has 0 aliphatic carbocycles. The van der Waals surface area contributed by atoms with E-state index in [-0.39, 0.29) is 5.75 Å². The van der Waals surface area contributed by atoms with Crippen molar-refractivity contribution < 1.29 is 17.9 Å². The fourth-order valence-electron chi connectivity index (χ4n) is 2.86. The minimum atomic E-state index is -3.79. The summed E-state index contributed by atoms with van der Waals surface area (Å²) in [5.74, 6) is -0.144. The third-order valence-corrected chi connectivity index (χ3v) is 6.90. The molecule has 0 spiro atoms. The summed E-state index contributed by atoms with van der Waals surface area (Å²) < 4.78 is 32.5. The number of carbonyl (C=O) groups is 1. The average Bonchev–Trinajstić information content (AvgIpc) is 3.14. The van der Waals surface area contributed by atoms with Gasteiger partial charge in [-0.05, 0) is 30.7 Å². The molecule has 0 saturated carbocycles. The summed E-state index contributed by atoms with van der Waals surface area (Å²) in [6, 6.07) is 14.3. The first-order chi connectivity index (χ1) is 14.3. The number of halogens is 1. The SMILES string of the molecule is COc1ccc(NC(=O)C(C)S(=O)(=O)Cc2nccn2Cc2ccccc2)cc1Cl. The highest BCUT2D eigenvalue weighted by Crippen LogP contribution is 2.27. The number of nitrogens with zero attached hydrogens (tertiary/aromatic N) is 2. The molecule has 0 bridgehead atoms. The molecule has 30 heavy (non-hydrogen) atoms. The van der Waals surface area contributed by atoms with Gasteiger partial charge in [-0.3, -0.25) is 4.79 Å². The second kappa shape index (κ2) is 9.32. The minimum absolute atomic E-state index is 0.314. The maximum atomic E-state index is 12.8. The van der Waals surface area contributed by atoms with E-state index in [1.807, 2.05) is 30.3 Å². The van der Waals surface area contributed by atoms with Crippen LogP contribution in [0.25, 0.3) is 0 Å². The predicted octanol–water partition coefficient (Wildman–Crippen LogP) is 3.54. The van der Waals surface area contributed by atoms with Crippen molar-refractivity contribution in [1.29, 1.82) is 0 Å². The van der Waals surface area contributed by atoms with Crippen LogP contribution in [0.5, 0.6) is 5.75 Å². The van der Waals surface area contributed by atoms with E-state index >= 15 is 0 Å². The molecular formula is C21H22ClN3O4S. The van der Waals surface area contributed by atoms with Gasteiger partial charge >= 0.3 is 0 Å². The summed E-state index contributed by atoms with van der Waals surface area (Å²) >= 11 is 6.06. The highest BCUT2D eigenvalue weighted by molar-refractivity contribution is 7.92. The highest BCUT2D eigenvalue weighted by Gasteiger charge is 2.30. The van der Waals surface area contributed by atoms with E-state index in [0.29, 0.717) is 28.8 Å². The van der Waals surface area contributed by atoms with Gasteiger partial charge in [0.05, 0.1) is 12.1 Å². The Hall–Kier alpha value is -2.84. The Morgan fingerprint density at radius 3 is 2.63 bits per heavy atom. The van der Waals surface area contributed by atoms with Crippen LogP contribution in [0, 0.1) is 0 Å². The van der Waals surface area contributed by atoms with Crippen LogP contribution in [0.2, 0.25) is 5.02 Å². The van der Waals surface area contributed by atoms with Gasteiger partial charge < -0.3 is 14.6 Å². The molecule has 2 aromatic carbocycles. The summed E-state index contributed by atoms with van der Waals surface area (Å²) in [5.41, 5.74) is 1.41. The summed E-state index contributed by atoms with van der Waals surface area (Å²) in [6.07, 6.45) is 3.28. The highest BCUT2D eigenvalue weighted by atomic mass is 35.5. The number of carbonyl (C=O) groups excluding carboxylic acids is 1. The molecule has 0 fully saturated rings. The van der Waals surface area contributed by atoms with Crippen LogP contribution in [0.4, 0.5) is 5.69 Å². The van der Waals surface area contributed by atoms with Gasteiger partial charge in [-0.1, -0.05) is 41.9 Å². The van der Waals surface area contributed by atoms with Crippen molar-refractivity contribution in [2.75, 3.05) is 12.4 Å². The van der Waals surface area contributed by atoms with Gasteiger partial charge in [0.1, 0.15) is 22.6 Å². The third-order valence-electron chi connectivity index (χ3n) is 4.65. The molecule has 0 aliphatic rings. The fourth-order valence-corrected chi connectivity index (χ4v) is 4.35. The molecular weight excluding hydrogens is 426 g/mol. The lowest BCUT2D eigenvalue weighted by atomic mass is 10.2. The molecule has 1 N–H and O–H groups in total. The van der Waals surface area contributed by atoms with Crippen LogP contribution in [0.15, 0.2) is 60.9 Å². The lowest BCUT2D eigenvalue weighted by Crippen LogP contribution is -2.34. The number of methoxy groups -OCH3 is 1. The van der Waals surface area contributed by atoms with Gasteiger partial charge in [-0.2, -0.15) is 0 Å². The van der Waals surface area contributed by atoms with E-state index < -0.39 is 21.0 Å². The summed E-state index contributed by atoms with van der Waals surface area (Å²) in [6.45, 7) is 1.86. The van der Waals surface area contributed by atoms with Crippen molar-refractivity contribution >= 4 is 33.0 Å². The normalized spacial score (nSPS) is 12.4. The smallest absolute Gasteiger partial charge is 0.242 e. The van der Waals surface area contributed by atoms with Crippen LogP contribution in [-0.4, -0.2) is 36.2 Å². The number of rotatable bonds is 8. The van der Waals surface area contributed by atoms with E-state index in [1.54, 1.807) is 29.1 Å². The van der Waals surface area contributed by atoms with Crippen LogP contribution in [-0.2, 0) is 26.9 Å². The topological polar surface area (TPSA) is 90.3 Å². The van der Waals surface area contributed by atoms with Gasteiger partial charge in [0.2, 0.25) is 5.91 Å². The van der Waals surface area contributed by atoms with Crippen LogP contribution < -0.4 is 10.1 Å². The number of amides is 1. The maximum Gasteiger partial charge on any atom is 0.242 e. The van der Waals surface area contributed by atoms with E-state index in [4.69, 9.17) is 16.3 Å². The molecule has 0 saturated heterocycles. The van der Waals surface area contributed by atoms with Gasteiger partial charge in [-0.25, -0.2) is 13.4 Å². The fraction of sp³-hybridized carbons (Fsp3) is 0.238. The first-order valence-corrected chi connectivity index (χ1v) is 11.3. The van der Waals surface area contributed by atoms with Crippen LogP contribution in [0.1, 0.15) is 18.3 Å². The summed E-state index contributed by atoms with van der Waals surface area (Å²) in [4.78, 5) is 16.7. The van der Waals surface area contributed by atoms with Gasteiger partial charge in [0, 0.05) is 24.6 Å². The molecule has 9 heteroatoms. The Kier molecular flexibility index (Phi) is 6.79. The van der Waals surface area contributed by atoms with Crippen LogP contribution in [0.3, 0.4) is 0 Å². The number of imidazole rings is 1. The van der Waals surface area contributed by atoms with Crippen molar-refractivity contribution in [2.24, 2.45) is 0 Å². The lowest BCUT2D eigenvalue weighted by Gasteiger charge is -2.15. The Morgan fingerprint density at radius 2 is 1.97 bits per heavy atom. The molecule has 1 heterocycles. The Bertz CT molecular complexity index is 1130. The summed E-state index contributed by atoms with van der Waals surface area (Å²) in [7, 11) is -2.31. The quantitative estimate of drug-likeness (QED) is 0.570. The van der Waals surface area contributed by atoms with Gasteiger partial charge in [0.25, 0.3) is 0 Å². The molecule has 1 aromatic heterocycles. The average molecular weight is 448 g/mol. The van der Waals surface area contributed by atoms with Crippen molar-refractivity contribution in [3.05, 3.63) is 77.3 Å². The predicted molar refractivity (Wildman–Crippen MR) is 116 cm³/mol. The largest absolute Gasteiger partial charge is 0.495 e. The first kappa shape index (κ1) is 21.9. The zero-order chi connectivity index (χ0) is 21.7. The van der Waals surface area contributed by atoms with Crippen molar-refractivity contribution in [3.8, 4) is 5.75 Å².